The first-order chi connectivity index (χ1) is 7.34. The Morgan fingerprint density at radius 3 is 2.69 bits per heavy atom. The number of nitrogens with zero attached hydrogens (tertiary/aromatic N) is 1. The van der Waals surface area contributed by atoms with Crippen LogP contribution in [0.2, 0.25) is 0 Å². The van der Waals surface area contributed by atoms with Gasteiger partial charge in [-0.05, 0) is 49.3 Å². The van der Waals surface area contributed by atoms with Crippen molar-refractivity contribution in [3.8, 4) is 0 Å². The van der Waals surface area contributed by atoms with Crippen molar-refractivity contribution < 1.29 is 9.90 Å². The van der Waals surface area contributed by atoms with Crippen LogP contribution in [0.5, 0.6) is 0 Å². The fraction of sp³-hybridized carbons (Fsp3) is 0.545. The van der Waals surface area contributed by atoms with Crippen LogP contribution >= 0.6 is 27.3 Å². The zero-order valence-electron chi connectivity index (χ0n) is 9.66. The zero-order chi connectivity index (χ0) is 12.3. The van der Waals surface area contributed by atoms with Gasteiger partial charge in [-0.3, -0.25) is 9.69 Å². The van der Waals surface area contributed by atoms with Crippen LogP contribution in [-0.2, 0) is 11.2 Å². The summed E-state index contributed by atoms with van der Waals surface area (Å²) in [6.45, 7) is 4.19. The predicted octanol–water partition coefficient (Wildman–Crippen LogP) is 2.85. The lowest BCUT2D eigenvalue weighted by Crippen LogP contribution is -2.48. The zero-order valence-corrected chi connectivity index (χ0v) is 12.1. The van der Waals surface area contributed by atoms with Gasteiger partial charge < -0.3 is 5.11 Å². The molecule has 0 aliphatic rings. The lowest BCUT2D eigenvalue weighted by Gasteiger charge is -2.31. The molecule has 0 fully saturated rings. The molecular weight excluding hydrogens is 290 g/mol. The molecule has 0 amide bonds. The van der Waals surface area contributed by atoms with Crippen LogP contribution in [0.1, 0.15) is 18.7 Å². The third kappa shape index (κ3) is 3.30. The first-order valence-corrected chi connectivity index (χ1v) is 6.69. The molecule has 0 unspecified atom stereocenters. The van der Waals surface area contributed by atoms with Crippen LogP contribution in [0.4, 0.5) is 0 Å². The topological polar surface area (TPSA) is 40.5 Å². The number of thiophene rings is 1. The van der Waals surface area contributed by atoms with Crippen LogP contribution in [0.15, 0.2) is 15.9 Å². The highest BCUT2D eigenvalue weighted by Gasteiger charge is 2.31. The molecule has 0 atom stereocenters. The quantitative estimate of drug-likeness (QED) is 0.909. The summed E-state index contributed by atoms with van der Waals surface area (Å²) in [5.74, 6) is -0.789. The largest absolute Gasteiger partial charge is 0.480 e. The molecule has 0 saturated heterocycles. The molecule has 5 heteroatoms. The van der Waals surface area contributed by atoms with E-state index in [1.807, 2.05) is 17.3 Å². The fourth-order valence-electron chi connectivity index (χ4n) is 1.21. The molecule has 1 aromatic rings. The van der Waals surface area contributed by atoms with Crippen molar-refractivity contribution in [2.45, 2.75) is 25.8 Å². The number of hydrogen-bond acceptors (Lipinski definition) is 3. The summed E-state index contributed by atoms with van der Waals surface area (Å²) in [6, 6.07) is 2.08. The Morgan fingerprint density at radius 1 is 1.62 bits per heavy atom. The van der Waals surface area contributed by atoms with E-state index in [0.29, 0.717) is 0 Å². The lowest BCUT2D eigenvalue weighted by atomic mass is 10.0. The van der Waals surface area contributed by atoms with E-state index in [0.717, 1.165) is 17.4 Å². The van der Waals surface area contributed by atoms with E-state index in [-0.39, 0.29) is 0 Å². The normalized spacial score (nSPS) is 12.1. The average molecular weight is 306 g/mol. The standard InChI is InChI=1S/C11H16BrNO2S/c1-11(2,10(14)15)13(3)5-4-9-6-8(12)7-16-9/h6-7H,4-5H2,1-3H3,(H,14,15). The fourth-order valence-corrected chi connectivity index (χ4v) is 2.65. The van der Waals surface area contributed by atoms with Crippen LogP contribution in [-0.4, -0.2) is 35.1 Å². The second-order valence-corrected chi connectivity index (χ2v) is 6.18. The molecule has 0 bridgehead atoms. The minimum atomic E-state index is -0.811. The van der Waals surface area contributed by atoms with Gasteiger partial charge in [-0.25, -0.2) is 0 Å². The molecule has 1 rings (SSSR count). The van der Waals surface area contributed by atoms with Gasteiger partial charge in [-0.1, -0.05) is 0 Å². The summed E-state index contributed by atoms with van der Waals surface area (Å²) in [7, 11) is 1.84. The number of aliphatic carboxylic acids is 1. The van der Waals surface area contributed by atoms with Gasteiger partial charge in [0.25, 0.3) is 0 Å². The molecule has 0 aliphatic carbocycles. The van der Waals surface area contributed by atoms with Gasteiger partial charge in [-0.2, -0.15) is 0 Å². The highest BCUT2D eigenvalue weighted by atomic mass is 79.9. The number of rotatable bonds is 5. The molecule has 0 spiro atoms. The van der Waals surface area contributed by atoms with Crippen LogP contribution in [0.3, 0.4) is 0 Å². The second kappa shape index (κ2) is 5.29. The van der Waals surface area contributed by atoms with E-state index in [4.69, 9.17) is 5.11 Å². The minimum Gasteiger partial charge on any atom is -0.480 e. The Bertz CT molecular complexity index is 376. The number of hydrogen-bond donors (Lipinski definition) is 1. The van der Waals surface area contributed by atoms with E-state index >= 15 is 0 Å². The van der Waals surface area contributed by atoms with Crippen LogP contribution in [0, 0.1) is 0 Å². The highest BCUT2D eigenvalue weighted by molar-refractivity contribution is 9.10. The van der Waals surface area contributed by atoms with E-state index in [2.05, 4.69) is 22.0 Å². The van der Waals surface area contributed by atoms with E-state index < -0.39 is 11.5 Å². The monoisotopic (exact) mass is 305 g/mol. The smallest absolute Gasteiger partial charge is 0.323 e. The maximum Gasteiger partial charge on any atom is 0.323 e. The maximum absolute atomic E-state index is 11.0. The highest BCUT2D eigenvalue weighted by Crippen LogP contribution is 2.21. The molecule has 0 saturated carbocycles. The minimum absolute atomic E-state index is 0.742. The van der Waals surface area contributed by atoms with Crippen molar-refractivity contribution in [2.75, 3.05) is 13.6 Å². The molecule has 16 heavy (non-hydrogen) atoms. The summed E-state index contributed by atoms with van der Waals surface area (Å²) in [5.41, 5.74) is -0.811. The third-order valence-electron chi connectivity index (χ3n) is 2.79. The Kier molecular flexibility index (Phi) is 4.52. The van der Waals surface area contributed by atoms with Crippen LogP contribution < -0.4 is 0 Å². The summed E-state index contributed by atoms with van der Waals surface area (Å²) in [5, 5.41) is 11.1. The Balaban J connectivity index is 2.53. The van der Waals surface area contributed by atoms with Gasteiger partial charge in [0.05, 0.1) is 0 Å². The Morgan fingerprint density at radius 2 is 2.25 bits per heavy atom. The predicted molar refractivity (Wildman–Crippen MR) is 70.1 cm³/mol. The number of carboxylic acid groups (broad SMARTS) is 1. The van der Waals surface area contributed by atoms with Gasteiger partial charge in [0.15, 0.2) is 0 Å². The van der Waals surface area contributed by atoms with Crippen molar-refractivity contribution in [2.24, 2.45) is 0 Å². The number of carboxylic acids is 1. The van der Waals surface area contributed by atoms with Crippen LogP contribution in [0.25, 0.3) is 0 Å². The number of halogens is 1. The summed E-state index contributed by atoms with van der Waals surface area (Å²) >= 11 is 5.09. The first kappa shape index (κ1) is 13.7. The van der Waals surface area contributed by atoms with Gasteiger partial charge in [0.1, 0.15) is 5.54 Å². The molecule has 1 N–H and O–H groups in total. The van der Waals surface area contributed by atoms with Gasteiger partial charge in [-0.15, -0.1) is 11.3 Å². The first-order valence-electron chi connectivity index (χ1n) is 5.01. The number of carbonyl (C=O) groups is 1. The summed E-state index contributed by atoms with van der Waals surface area (Å²) in [6.07, 6.45) is 0.878. The van der Waals surface area contributed by atoms with Crippen molar-refractivity contribution in [3.63, 3.8) is 0 Å². The second-order valence-electron chi connectivity index (χ2n) is 4.27. The van der Waals surface area contributed by atoms with Crippen molar-refractivity contribution in [1.82, 2.24) is 4.90 Å². The Labute approximate surface area is 108 Å². The van der Waals surface area contributed by atoms with E-state index in [1.165, 1.54) is 4.88 Å². The average Bonchev–Trinajstić information content (AvgIpc) is 2.60. The number of likely N-dealkylation sites (N-methyl/N-ethyl adjacent to an activating group) is 1. The summed E-state index contributed by atoms with van der Waals surface area (Å²) < 4.78 is 1.09. The maximum atomic E-state index is 11.0. The molecular formula is C11H16BrNO2S. The van der Waals surface area contributed by atoms with E-state index in [9.17, 15) is 4.79 Å². The van der Waals surface area contributed by atoms with Gasteiger partial charge in [0.2, 0.25) is 0 Å². The molecule has 1 heterocycles. The molecule has 3 nitrogen and oxygen atoms in total. The lowest BCUT2D eigenvalue weighted by molar-refractivity contribution is -0.148. The van der Waals surface area contributed by atoms with Crippen molar-refractivity contribution >= 4 is 33.2 Å². The molecule has 1 aromatic heterocycles. The molecule has 0 aromatic carbocycles. The molecule has 0 aliphatic heterocycles. The van der Waals surface area contributed by atoms with Crippen molar-refractivity contribution in [3.05, 3.63) is 20.8 Å². The van der Waals surface area contributed by atoms with E-state index in [1.54, 1.807) is 25.2 Å². The third-order valence-corrected chi connectivity index (χ3v) is 4.55. The Hall–Kier alpha value is -0.390. The summed E-state index contributed by atoms with van der Waals surface area (Å²) in [4.78, 5) is 14.2. The molecule has 90 valence electrons. The van der Waals surface area contributed by atoms with Crippen molar-refractivity contribution in [1.29, 1.82) is 0 Å². The van der Waals surface area contributed by atoms with Gasteiger partial charge >= 0.3 is 5.97 Å². The molecule has 0 radical (unpaired) electrons. The SMILES string of the molecule is CN(CCc1cc(Br)cs1)C(C)(C)C(=O)O. The van der Waals surface area contributed by atoms with Gasteiger partial charge in [0, 0.05) is 21.3 Å².